The van der Waals surface area contributed by atoms with Crippen LogP contribution in [0.5, 0.6) is 0 Å². The zero-order chi connectivity index (χ0) is 17.6. The number of para-hydroxylation sites is 2. The van der Waals surface area contributed by atoms with Crippen molar-refractivity contribution in [2.45, 2.75) is 6.54 Å². The highest BCUT2D eigenvalue weighted by atomic mass is 16.5. The molecule has 1 N–H and O–H groups in total. The van der Waals surface area contributed by atoms with Crippen molar-refractivity contribution >= 4 is 22.8 Å². The van der Waals surface area contributed by atoms with Crippen LogP contribution < -0.4 is 9.85 Å². The highest BCUT2D eigenvalue weighted by Gasteiger charge is 2.39. The monoisotopic (exact) mass is 337 g/mol. The SMILES string of the molecule is O=C(c1ccncc1)N1NCc2c([n+](=O)c3ccccc3n2[O-])C1=O. The maximum absolute atomic E-state index is 12.7. The molecule has 9 heteroatoms. The summed E-state index contributed by atoms with van der Waals surface area (Å²) in [5.41, 5.74) is 2.64. The molecule has 2 amide bonds. The smallest absolute Gasteiger partial charge is 0.350 e. The lowest BCUT2D eigenvalue weighted by molar-refractivity contribution is -0.469. The van der Waals surface area contributed by atoms with Crippen LogP contribution in [-0.4, -0.2) is 26.5 Å². The van der Waals surface area contributed by atoms with E-state index in [9.17, 15) is 19.7 Å². The first-order valence-corrected chi connectivity index (χ1v) is 7.38. The van der Waals surface area contributed by atoms with Crippen LogP contribution in [0.15, 0.2) is 48.8 Å². The van der Waals surface area contributed by atoms with Gasteiger partial charge in [0.05, 0.1) is 11.0 Å². The minimum absolute atomic E-state index is 0.0301. The summed E-state index contributed by atoms with van der Waals surface area (Å²) in [5.74, 6) is -1.52. The lowest BCUT2D eigenvalue weighted by atomic mass is 10.2. The molecular formula is C16H11N5O4. The average Bonchev–Trinajstić information content (AvgIpc) is 2.66. The minimum Gasteiger partial charge on any atom is -0.805 e. The van der Waals surface area contributed by atoms with Gasteiger partial charge in [-0.2, -0.15) is 5.01 Å². The van der Waals surface area contributed by atoms with Crippen molar-refractivity contribution in [1.82, 2.24) is 20.1 Å². The van der Waals surface area contributed by atoms with E-state index in [-0.39, 0.29) is 34.5 Å². The molecule has 0 fully saturated rings. The number of aromatic nitrogens is 3. The van der Waals surface area contributed by atoms with E-state index in [1.807, 2.05) is 0 Å². The summed E-state index contributed by atoms with van der Waals surface area (Å²) in [5, 5.41) is 13.2. The predicted octanol–water partition coefficient (Wildman–Crippen LogP) is 0.597. The lowest BCUT2D eigenvalue weighted by Gasteiger charge is -2.28. The summed E-state index contributed by atoms with van der Waals surface area (Å²) < 4.78 is 0.938. The number of hydrazine groups is 1. The van der Waals surface area contributed by atoms with Crippen LogP contribution in [0, 0.1) is 10.1 Å². The molecule has 1 aliphatic heterocycles. The number of rotatable bonds is 1. The minimum atomic E-state index is -0.881. The first-order valence-electron chi connectivity index (χ1n) is 7.38. The number of benzene rings is 1. The number of fused-ring (bicyclic) bond motifs is 2. The molecule has 1 aliphatic rings. The third-order valence-corrected chi connectivity index (χ3v) is 3.98. The molecular weight excluding hydrogens is 326 g/mol. The zero-order valence-electron chi connectivity index (χ0n) is 12.7. The van der Waals surface area contributed by atoms with E-state index in [1.54, 1.807) is 12.1 Å². The molecule has 0 saturated carbocycles. The van der Waals surface area contributed by atoms with E-state index < -0.39 is 11.8 Å². The van der Waals surface area contributed by atoms with Crippen molar-refractivity contribution in [3.05, 3.63) is 75.9 Å². The van der Waals surface area contributed by atoms with Crippen LogP contribution in [0.1, 0.15) is 26.5 Å². The fourth-order valence-electron chi connectivity index (χ4n) is 2.77. The summed E-state index contributed by atoms with van der Waals surface area (Å²) >= 11 is 0. The van der Waals surface area contributed by atoms with E-state index >= 15 is 0 Å². The highest BCUT2D eigenvalue weighted by molar-refractivity contribution is 6.09. The van der Waals surface area contributed by atoms with Crippen molar-refractivity contribution in [2.24, 2.45) is 0 Å². The summed E-state index contributed by atoms with van der Waals surface area (Å²) in [7, 11) is 0. The van der Waals surface area contributed by atoms with Gasteiger partial charge in [0, 0.05) is 28.9 Å². The molecule has 9 nitrogen and oxygen atoms in total. The van der Waals surface area contributed by atoms with E-state index in [4.69, 9.17) is 0 Å². The number of nitrogens with one attached hydrogen (secondary N) is 1. The second-order valence-electron chi connectivity index (χ2n) is 5.39. The number of pyridine rings is 1. The molecule has 124 valence electrons. The maximum atomic E-state index is 12.7. The molecule has 3 heterocycles. The summed E-state index contributed by atoms with van der Waals surface area (Å²) in [6.07, 6.45) is 2.84. The van der Waals surface area contributed by atoms with Gasteiger partial charge < -0.3 is 9.94 Å². The van der Waals surface area contributed by atoms with E-state index in [2.05, 4.69) is 10.4 Å². The van der Waals surface area contributed by atoms with Gasteiger partial charge in [0.25, 0.3) is 11.4 Å². The summed E-state index contributed by atoms with van der Waals surface area (Å²) in [6, 6.07) is 9.06. The number of carbonyl (C=O) groups excluding carboxylic acids is 2. The van der Waals surface area contributed by atoms with Gasteiger partial charge in [-0.25, -0.2) is 5.43 Å². The number of amides is 2. The van der Waals surface area contributed by atoms with Gasteiger partial charge in [0.2, 0.25) is 0 Å². The maximum Gasteiger partial charge on any atom is 0.350 e. The fraction of sp³-hybridized carbons (Fsp3) is 0.0625. The Kier molecular flexibility index (Phi) is 3.29. The van der Waals surface area contributed by atoms with Crippen molar-refractivity contribution in [3.8, 4) is 0 Å². The normalized spacial score (nSPS) is 13.8. The van der Waals surface area contributed by atoms with Crippen LogP contribution in [0.4, 0.5) is 0 Å². The molecule has 0 atom stereocenters. The second kappa shape index (κ2) is 5.49. The second-order valence-corrected chi connectivity index (χ2v) is 5.39. The topological polar surface area (TPSA) is 113 Å². The Balaban J connectivity index is 1.86. The molecule has 0 radical (unpaired) electrons. The Labute approximate surface area is 140 Å². The van der Waals surface area contributed by atoms with Gasteiger partial charge in [-0.3, -0.25) is 14.6 Å². The van der Waals surface area contributed by atoms with Gasteiger partial charge in [0.1, 0.15) is 11.2 Å². The fourth-order valence-corrected chi connectivity index (χ4v) is 2.77. The Morgan fingerprint density at radius 3 is 2.68 bits per heavy atom. The number of hydrogen-bond acceptors (Lipinski definition) is 6. The van der Waals surface area contributed by atoms with E-state index in [0.29, 0.717) is 9.16 Å². The molecule has 0 aliphatic carbocycles. The predicted molar refractivity (Wildman–Crippen MR) is 85.6 cm³/mol. The van der Waals surface area contributed by atoms with Gasteiger partial charge in [-0.15, -0.1) is 0 Å². The molecule has 4 rings (SSSR count). The molecule has 0 spiro atoms. The van der Waals surface area contributed by atoms with Crippen molar-refractivity contribution in [3.63, 3.8) is 0 Å². The van der Waals surface area contributed by atoms with Crippen molar-refractivity contribution in [2.75, 3.05) is 0 Å². The van der Waals surface area contributed by atoms with Gasteiger partial charge in [0.15, 0.2) is 0 Å². The highest BCUT2D eigenvalue weighted by Crippen LogP contribution is 2.19. The van der Waals surface area contributed by atoms with Gasteiger partial charge in [-0.05, 0) is 18.2 Å². The van der Waals surface area contributed by atoms with E-state index in [1.165, 1.54) is 36.7 Å². The molecule has 0 bridgehead atoms. The van der Waals surface area contributed by atoms with Crippen LogP contribution in [0.2, 0.25) is 0 Å². The molecule has 3 aromatic rings. The van der Waals surface area contributed by atoms with Gasteiger partial charge >= 0.3 is 11.6 Å². The average molecular weight is 337 g/mol. The molecule has 0 saturated heterocycles. The molecule has 2 aromatic heterocycles. The van der Waals surface area contributed by atoms with Crippen molar-refractivity contribution in [1.29, 1.82) is 0 Å². The van der Waals surface area contributed by atoms with Gasteiger partial charge in [-0.1, -0.05) is 12.1 Å². The van der Waals surface area contributed by atoms with Crippen LogP contribution in [0.25, 0.3) is 11.0 Å². The number of hydrogen-bond donors (Lipinski definition) is 1. The van der Waals surface area contributed by atoms with E-state index in [0.717, 1.165) is 5.01 Å². The van der Waals surface area contributed by atoms with Crippen LogP contribution in [-0.2, 0) is 6.54 Å². The molecule has 0 unspecified atom stereocenters. The molecule has 25 heavy (non-hydrogen) atoms. The lowest BCUT2D eigenvalue weighted by Crippen LogP contribution is -2.54. The first kappa shape index (κ1) is 15.0. The zero-order valence-corrected chi connectivity index (χ0v) is 12.7. The first-order chi connectivity index (χ1) is 12.1. The third-order valence-electron chi connectivity index (χ3n) is 3.98. The summed E-state index contributed by atoms with van der Waals surface area (Å²) in [6.45, 7) is -0.130. The third kappa shape index (κ3) is 2.17. The largest absolute Gasteiger partial charge is 0.805 e. The number of imide groups is 1. The Morgan fingerprint density at radius 1 is 1.20 bits per heavy atom. The Bertz CT molecular complexity index is 1080. The molecule has 1 aromatic carbocycles. The standard InChI is InChI=1S/C16H11N5O4/c22-15(10-5-7-17-8-6-10)19-16(23)14-13(9-18-19)20(24)11-3-1-2-4-12(11)21(14)25/h1-8,18H,9H2. The Hall–Kier alpha value is -3.59. The van der Waals surface area contributed by atoms with Crippen molar-refractivity contribution < 1.29 is 14.0 Å². The van der Waals surface area contributed by atoms with Crippen LogP contribution in [0.3, 0.4) is 0 Å². The number of carbonyl (C=O) groups is 2. The quantitative estimate of drug-likeness (QED) is 0.514. The van der Waals surface area contributed by atoms with Crippen LogP contribution >= 0.6 is 0 Å². The Morgan fingerprint density at radius 2 is 1.92 bits per heavy atom. The number of nitrogens with zero attached hydrogens (tertiary/aromatic N) is 4. The summed E-state index contributed by atoms with van der Waals surface area (Å²) in [4.78, 5) is 41.6.